The smallest absolute Gasteiger partial charge is 0.134 e. The molecule has 2 heteroatoms. The molecule has 3 rings (SSSR count). The zero-order valence-corrected chi connectivity index (χ0v) is 15.0. The summed E-state index contributed by atoms with van der Waals surface area (Å²) in [4.78, 5) is 12.4. The fourth-order valence-electron chi connectivity index (χ4n) is 6.44. The van der Waals surface area contributed by atoms with Crippen molar-refractivity contribution in [2.24, 2.45) is 22.7 Å². The maximum Gasteiger partial charge on any atom is 0.134 e. The fraction of sp³-hybridized carbons (Fsp3) is 0.850. The number of Topliss-reactive ketones (excluding diaryl/α,β-unsaturated/α-hetero) is 1. The van der Waals surface area contributed by atoms with Gasteiger partial charge in [-0.05, 0) is 62.2 Å². The minimum atomic E-state index is -0.206. The molecule has 22 heavy (non-hydrogen) atoms. The van der Waals surface area contributed by atoms with Gasteiger partial charge in [0.05, 0.1) is 11.2 Å². The van der Waals surface area contributed by atoms with Crippen LogP contribution in [0, 0.1) is 22.7 Å². The van der Waals surface area contributed by atoms with Crippen molar-refractivity contribution in [3.05, 3.63) is 12.7 Å². The lowest BCUT2D eigenvalue weighted by Gasteiger charge is -2.64. The minimum Gasteiger partial charge on any atom is -0.365 e. The third-order valence-electron chi connectivity index (χ3n) is 7.26. The molecule has 124 valence electrons. The van der Waals surface area contributed by atoms with E-state index in [0.29, 0.717) is 17.6 Å². The van der Waals surface area contributed by atoms with E-state index >= 15 is 0 Å². The van der Waals surface area contributed by atoms with Crippen molar-refractivity contribution >= 4 is 5.78 Å². The molecule has 0 amide bonds. The summed E-state index contributed by atoms with van der Waals surface area (Å²) in [5, 5.41) is 0. The molecular weight excluding hydrogens is 272 g/mol. The second-order valence-corrected chi connectivity index (χ2v) is 9.50. The molecule has 1 unspecified atom stereocenters. The first kappa shape index (κ1) is 16.2. The van der Waals surface area contributed by atoms with Gasteiger partial charge < -0.3 is 4.74 Å². The Balaban J connectivity index is 1.98. The maximum atomic E-state index is 12.4. The van der Waals surface area contributed by atoms with Crippen LogP contribution in [0.4, 0.5) is 0 Å². The van der Waals surface area contributed by atoms with E-state index < -0.39 is 0 Å². The van der Waals surface area contributed by atoms with Crippen molar-refractivity contribution in [1.82, 2.24) is 0 Å². The number of carbonyl (C=O) groups is 1. The van der Waals surface area contributed by atoms with Gasteiger partial charge in [-0.15, -0.1) is 6.58 Å². The van der Waals surface area contributed by atoms with Gasteiger partial charge >= 0.3 is 0 Å². The highest BCUT2D eigenvalue weighted by Crippen LogP contribution is 2.64. The maximum absolute atomic E-state index is 12.4. The molecule has 2 saturated carbocycles. The summed E-state index contributed by atoms with van der Waals surface area (Å²) in [5.74, 6) is 1.56. The van der Waals surface area contributed by atoms with Gasteiger partial charge in [-0.2, -0.15) is 0 Å². The van der Waals surface area contributed by atoms with Crippen LogP contribution in [0.2, 0.25) is 0 Å². The Hall–Kier alpha value is -0.630. The number of hydrogen-bond donors (Lipinski definition) is 0. The highest BCUT2D eigenvalue weighted by molar-refractivity contribution is 5.81. The lowest BCUT2D eigenvalue weighted by Crippen LogP contribution is -2.63. The van der Waals surface area contributed by atoms with Gasteiger partial charge in [-0.1, -0.05) is 26.8 Å². The van der Waals surface area contributed by atoms with E-state index in [2.05, 4.69) is 41.2 Å². The average molecular weight is 304 g/mol. The third-order valence-corrected chi connectivity index (χ3v) is 7.26. The number of ether oxygens (including phenoxy) is 1. The van der Waals surface area contributed by atoms with Gasteiger partial charge in [0.2, 0.25) is 0 Å². The van der Waals surface area contributed by atoms with Gasteiger partial charge in [0, 0.05) is 12.8 Å². The largest absolute Gasteiger partial charge is 0.365 e. The Labute approximate surface area is 135 Å². The van der Waals surface area contributed by atoms with E-state index in [1.165, 1.54) is 6.42 Å². The van der Waals surface area contributed by atoms with E-state index in [-0.39, 0.29) is 22.0 Å². The van der Waals surface area contributed by atoms with Crippen LogP contribution in [0.3, 0.4) is 0 Å². The Kier molecular flexibility index (Phi) is 3.46. The van der Waals surface area contributed by atoms with Gasteiger partial charge in [-0.3, -0.25) is 4.79 Å². The predicted molar refractivity (Wildman–Crippen MR) is 89.7 cm³/mol. The summed E-state index contributed by atoms with van der Waals surface area (Å²) in [5.41, 5.74) is -0.0955. The second kappa shape index (κ2) is 4.69. The zero-order chi connectivity index (χ0) is 16.4. The van der Waals surface area contributed by atoms with Crippen molar-refractivity contribution in [1.29, 1.82) is 0 Å². The summed E-state index contributed by atoms with van der Waals surface area (Å²) in [6.45, 7) is 15.4. The van der Waals surface area contributed by atoms with Crippen molar-refractivity contribution < 1.29 is 9.53 Å². The molecule has 5 atom stereocenters. The summed E-state index contributed by atoms with van der Waals surface area (Å²) in [7, 11) is 0. The van der Waals surface area contributed by atoms with Crippen LogP contribution in [-0.4, -0.2) is 17.0 Å². The van der Waals surface area contributed by atoms with Crippen LogP contribution < -0.4 is 0 Å². The predicted octanol–water partition coefficient (Wildman–Crippen LogP) is 4.92. The van der Waals surface area contributed by atoms with E-state index in [4.69, 9.17) is 4.74 Å². The third kappa shape index (κ3) is 2.21. The second-order valence-electron chi connectivity index (χ2n) is 9.50. The summed E-state index contributed by atoms with van der Waals surface area (Å²) >= 11 is 0. The Morgan fingerprint density at radius 1 is 1.05 bits per heavy atom. The molecule has 0 aromatic heterocycles. The van der Waals surface area contributed by atoms with Gasteiger partial charge in [0.25, 0.3) is 0 Å². The van der Waals surface area contributed by atoms with E-state index in [1.807, 2.05) is 6.08 Å². The Bertz CT molecular complexity index is 508. The van der Waals surface area contributed by atoms with Crippen LogP contribution in [0.15, 0.2) is 12.7 Å². The molecule has 0 bridgehead atoms. The molecule has 2 nitrogen and oxygen atoms in total. The molecule has 2 aliphatic carbocycles. The molecule has 1 aliphatic heterocycles. The molecule has 3 aliphatic rings. The molecule has 1 saturated heterocycles. The standard InChI is InChI=1S/C20H32O2/c1-7-18(4)10-8-16-19(5)13-14(21)12-17(2,3)15(19)9-11-20(16,6)22-18/h7,15-16H,1,8-13H2,2-6H3/t15?,16-,18-,19+,20-/m0/s1. The molecule has 0 spiro atoms. The fourth-order valence-corrected chi connectivity index (χ4v) is 6.44. The number of hydrogen-bond acceptors (Lipinski definition) is 2. The summed E-state index contributed by atoms with van der Waals surface area (Å²) in [6.07, 6.45) is 7.93. The molecule has 1 heterocycles. The van der Waals surface area contributed by atoms with Crippen molar-refractivity contribution in [3.63, 3.8) is 0 Å². The van der Waals surface area contributed by atoms with Gasteiger partial charge in [0.1, 0.15) is 5.78 Å². The van der Waals surface area contributed by atoms with Crippen molar-refractivity contribution in [2.45, 2.75) is 84.3 Å². The minimum absolute atomic E-state index is 0.0916. The molecule has 0 aromatic carbocycles. The Morgan fingerprint density at radius 3 is 2.32 bits per heavy atom. The molecule has 0 radical (unpaired) electrons. The molecular formula is C20H32O2. The van der Waals surface area contributed by atoms with Crippen molar-refractivity contribution in [2.75, 3.05) is 0 Å². The number of rotatable bonds is 1. The zero-order valence-electron chi connectivity index (χ0n) is 15.0. The molecule has 0 N–H and O–H groups in total. The van der Waals surface area contributed by atoms with Gasteiger partial charge in [-0.25, -0.2) is 0 Å². The van der Waals surface area contributed by atoms with E-state index in [0.717, 1.165) is 32.1 Å². The van der Waals surface area contributed by atoms with Crippen molar-refractivity contribution in [3.8, 4) is 0 Å². The van der Waals surface area contributed by atoms with Crippen LogP contribution >= 0.6 is 0 Å². The first-order valence-corrected chi connectivity index (χ1v) is 8.90. The van der Waals surface area contributed by atoms with Crippen LogP contribution in [0.1, 0.15) is 73.1 Å². The molecule has 3 fully saturated rings. The first-order valence-electron chi connectivity index (χ1n) is 8.90. The Morgan fingerprint density at radius 2 is 1.68 bits per heavy atom. The van der Waals surface area contributed by atoms with Crippen LogP contribution in [0.25, 0.3) is 0 Å². The summed E-state index contributed by atoms with van der Waals surface area (Å²) in [6, 6.07) is 0. The van der Waals surface area contributed by atoms with E-state index in [9.17, 15) is 4.79 Å². The average Bonchev–Trinajstić information content (AvgIpc) is 2.35. The summed E-state index contributed by atoms with van der Waals surface area (Å²) < 4.78 is 6.60. The lowest BCUT2D eigenvalue weighted by atomic mass is 9.44. The van der Waals surface area contributed by atoms with Crippen LogP contribution in [-0.2, 0) is 9.53 Å². The monoisotopic (exact) mass is 304 g/mol. The van der Waals surface area contributed by atoms with Crippen LogP contribution in [0.5, 0.6) is 0 Å². The SMILES string of the molecule is C=C[C@@]1(C)CC[C@@H]2[C@](C)(CCC3C(C)(C)CC(=O)C[C@]32C)O1. The topological polar surface area (TPSA) is 26.3 Å². The number of carbonyl (C=O) groups excluding carboxylic acids is 1. The number of ketones is 1. The van der Waals surface area contributed by atoms with E-state index in [1.54, 1.807) is 0 Å². The lowest BCUT2D eigenvalue weighted by molar-refractivity contribution is -0.249. The van der Waals surface area contributed by atoms with Gasteiger partial charge in [0.15, 0.2) is 0 Å². The first-order chi connectivity index (χ1) is 10.0. The normalized spacial score (nSPS) is 50.9. The number of fused-ring (bicyclic) bond motifs is 3. The highest BCUT2D eigenvalue weighted by Gasteiger charge is 2.62. The molecule has 0 aromatic rings. The quantitative estimate of drug-likeness (QED) is 0.643. The highest BCUT2D eigenvalue weighted by atomic mass is 16.5.